The average Bonchev–Trinajstić information content (AvgIpc) is 2.89. The van der Waals surface area contributed by atoms with Gasteiger partial charge >= 0.3 is 0 Å². The monoisotopic (exact) mass is 314 g/mol. The van der Waals surface area contributed by atoms with Crippen LogP contribution in [0.2, 0.25) is 0 Å². The molecule has 1 fully saturated rings. The molecule has 6 N–H and O–H groups in total. The zero-order chi connectivity index (χ0) is 15.3. The van der Waals surface area contributed by atoms with Crippen molar-refractivity contribution in [2.45, 2.75) is 24.5 Å². The van der Waals surface area contributed by atoms with E-state index in [1.54, 1.807) is 22.5 Å². The number of ether oxygens (including phenoxy) is 1. The molecule has 2 aromatic rings. The Morgan fingerprint density at radius 3 is 2.86 bits per heavy atom. The van der Waals surface area contributed by atoms with Crippen LogP contribution in [0.25, 0.3) is 11.2 Å². The van der Waals surface area contributed by atoms with E-state index < -0.39 is 24.5 Å². The summed E-state index contributed by atoms with van der Waals surface area (Å²) in [5.74, 6) is 0.138. The van der Waals surface area contributed by atoms with E-state index in [1.807, 2.05) is 0 Å². The van der Waals surface area contributed by atoms with Crippen molar-refractivity contribution in [2.24, 2.45) is 7.05 Å². The lowest BCUT2D eigenvalue weighted by Gasteiger charge is -2.12. The summed E-state index contributed by atoms with van der Waals surface area (Å²) in [6, 6.07) is 0. The molecule has 2 aromatic heterocycles. The summed E-state index contributed by atoms with van der Waals surface area (Å²) in [5.41, 5.74) is 6.81. The number of hydrogen-bond donors (Lipinski definition) is 5. The molecule has 0 saturated carbocycles. The first-order valence-corrected chi connectivity index (χ1v) is 6.73. The van der Waals surface area contributed by atoms with Gasteiger partial charge in [-0.15, -0.1) is 0 Å². The first-order valence-electron chi connectivity index (χ1n) is 6.32. The molecule has 1 saturated heterocycles. The van der Waals surface area contributed by atoms with Crippen LogP contribution in [0.3, 0.4) is 0 Å². The van der Waals surface area contributed by atoms with Crippen LogP contribution in [0.5, 0.6) is 0 Å². The minimum absolute atomic E-state index is 0.138. The predicted octanol–water partition coefficient (Wildman–Crippen LogP) is -1.89. The lowest BCUT2D eigenvalue weighted by atomic mass is 10.1. The fourth-order valence-corrected chi connectivity index (χ4v) is 2.92. The van der Waals surface area contributed by atoms with Crippen LogP contribution in [0.4, 0.5) is 5.95 Å². The molecule has 0 bridgehead atoms. The number of imidazole rings is 1. The number of nitrogen functional groups attached to an aromatic ring is 1. The van der Waals surface area contributed by atoms with Crippen molar-refractivity contribution >= 4 is 29.3 Å². The van der Waals surface area contributed by atoms with E-state index in [9.17, 15) is 10.2 Å². The lowest BCUT2D eigenvalue weighted by molar-refractivity contribution is -0.745. The fraction of sp³-hybridized carbons (Fsp3) is 0.545. The molecule has 4 atom stereocenters. The Kier molecular flexibility index (Phi) is 3.42. The number of aryl methyl sites for hydroxylation is 1. The molecule has 0 spiro atoms. The number of hydrogen-bond acceptors (Lipinski definition) is 7. The van der Waals surface area contributed by atoms with E-state index in [-0.39, 0.29) is 12.6 Å². The van der Waals surface area contributed by atoms with Crippen LogP contribution in [-0.2, 0) is 11.8 Å². The zero-order valence-electron chi connectivity index (χ0n) is 11.2. The minimum Gasteiger partial charge on any atom is -0.394 e. The summed E-state index contributed by atoms with van der Waals surface area (Å²) < 4.78 is 9.11. The highest BCUT2D eigenvalue weighted by Crippen LogP contribution is 2.26. The Labute approximate surface area is 124 Å². The van der Waals surface area contributed by atoms with Crippen molar-refractivity contribution in [1.82, 2.24) is 14.5 Å². The highest BCUT2D eigenvalue weighted by atomic mass is 32.1. The number of aliphatic hydroxyl groups is 3. The number of nitrogens with zero attached hydrogens (tertiary/aromatic N) is 3. The number of aromatic amines is 1. The van der Waals surface area contributed by atoms with Gasteiger partial charge in [-0.25, -0.2) is 9.55 Å². The van der Waals surface area contributed by atoms with Crippen molar-refractivity contribution in [1.29, 1.82) is 0 Å². The second kappa shape index (κ2) is 5.00. The number of anilines is 1. The van der Waals surface area contributed by atoms with Crippen molar-refractivity contribution < 1.29 is 24.6 Å². The minimum atomic E-state index is -1.19. The summed E-state index contributed by atoms with van der Waals surface area (Å²) >= 11 is 5.18. The third kappa shape index (κ3) is 2.12. The van der Waals surface area contributed by atoms with Gasteiger partial charge in [-0.2, -0.15) is 4.98 Å². The molecule has 0 aliphatic carbocycles. The number of H-pyrrole nitrogens is 1. The molecular formula is C11H16N5O4S+. The summed E-state index contributed by atoms with van der Waals surface area (Å²) in [6.45, 7) is -0.389. The molecule has 0 radical (unpaired) electrons. The first-order chi connectivity index (χ1) is 9.93. The van der Waals surface area contributed by atoms with Crippen LogP contribution >= 0.6 is 12.2 Å². The molecule has 114 valence electrons. The van der Waals surface area contributed by atoms with Crippen molar-refractivity contribution in [3.63, 3.8) is 0 Å². The highest BCUT2D eigenvalue weighted by Gasteiger charge is 2.46. The van der Waals surface area contributed by atoms with Crippen molar-refractivity contribution in [3.05, 3.63) is 11.0 Å². The molecule has 1 aliphatic rings. The fourth-order valence-electron chi connectivity index (χ4n) is 2.58. The SMILES string of the molecule is Cn1c[n+]([C@@H]2O[C@H](CO)[C@@H](O)[C@@H]2O)c2[nH]c(N)nc(=S)c21. The molecule has 0 aromatic carbocycles. The Bertz CT molecular complexity index is 744. The van der Waals surface area contributed by atoms with Gasteiger partial charge < -0.3 is 25.8 Å². The second-order valence-electron chi connectivity index (χ2n) is 4.99. The zero-order valence-corrected chi connectivity index (χ0v) is 12.0. The smallest absolute Gasteiger partial charge is 0.273 e. The van der Waals surface area contributed by atoms with Gasteiger partial charge in [0.15, 0.2) is 11.0 Å². The molecule has 3 rings (SSSR count). The van der Waals surface area contributed by atoms with Crippen LogP contribution < -0.4 is 10.3 Å². The van der Waals surface area contributed by atoms with Gasteiger partial charge in [0.25, 0.3) is 11.6 Å². The predicted molar refractivity (Wildman–Crippen MR) is 73.5 cm³/mol. The summed E-state index contributed by atoms with van der Waals surface area (Å²) in [4.78, 5) is 6.85. The van der Waals surface area contributed by atoms with Gasteiger partial charge in [0.1, 0.15) is 18.3 Å². The molecule has 21 heavy (non-hydrogen) atoms. The second-order valence-corrected chi connectivity index (χ2v) is 5.37. The van der Waals surface area contributed by atoms with Crippen LogP contribution in [0, 0.1) is 4.64 Å². The molecule has 10 heteroatoms. The van der Waals surface area contributed by atoms with Gasteiger partial charge in [-0.05, 0) is 0 Å². The maximum absolute atomic E-state index is 10.1. The Hall–Kier alpha value is -1.59. The van der Waals surface area contributed by atoms with E-state index in [2.05, 4.69) is 9.97 Å². The van der Waals surface area contributed by atoms with Crippen LogP contribution in [-0.4, -0.2) is 54.8 Å². The van der Waals surface area contributed by atoms with E-state index in [0.717, 1.165) is 0 Å². The van der Waals surface area contributed by atoms with E-state index >= 15 is 0 Å². The number of nitrogens with one attached hydrogen (secondary N) is 1. The summed E-state index contributed by atoms with van der Waals surface area (Å²) in [6.07, 6.45) is -2.43. The van der Waals surface area contributed by atoms with Crippen LogP contribution in [0.15, 0.2) is 6.33 Å². The molecule has 0 amide bonds. The Morgan fingerprint density at radius 1 is 1.52 bits per heavy atom. The maximum Gasteiger partial charge on any atom is 0.273 e. The Balaban J connectivity index is 2.16. The van der Waals surface area contributed by atoms with Gasteiger partial charge in [0.2, 0.25) is 11.7 Å². The third-order valence-electron chi connectivity index (χ3n) is 3.60. The molecule has 9 nitrogen and oxygen atoms in total. The number of rotatable bonds is 2. The molecular weight excluding hydrogens is 298 g/mol. The third-order valence-corrected chi connectivity index (χ3v) is 3.88. The van der Waals surface area contributed by atoms with Crippen LogP contribution in [0.1, 0.15) is 6.23 Å². The van der Waals surface area contributed by atoms with E-state index in [1.165, 1.54) is 0 Å². The highest BCUT2D eigenvalue weighted by molar-refractivity contribution is 7.71. The quantitative estimate of drug-likeness (QED) is 0.323. The number of fused-ring (bicyclic) bond motifs is 1. The van der Waals surface area contributed by atoms with Crippen molar-refractivity contribution in [2.75, 3.05) is 12.3 Å². The Morgan fingerprint density at radius 2 is 2.24 bits per heavy atom. The molecule has 1 aliphatic heterocycles. The lowest BCUT2D eigenvalue weighted by Crippen LogP contribution is -2.46. The molecule has 3 heterocycles. The normalized spacial score (nSPS) is 29.3. The number of aliphatic hydroxyl groups excluding tert-OH is 3. The largest absolute Gasteiger partial charge is 0.394 e. The van der Waals surface area contributed by atoms with Gasteiger partial charge in [-0.3, -0.25) is 4.57 Å². The topological polar surface area (TPSA) is 133 Å². The first kappa shape index (κ1) is 14.4. The average molecular weight is 314 g/mol. The summed E-state index contributed by atoms with van der Waals surface area (Å²) in [7, 11) is 1.77. The van der Waals surface area contributed by atoms with Gasteiger partial charge in [-0.1, -0.05) is 12.2 Å². The standard InChI is InChI=1S/C11H15N5O4S/c1-15-3-16(8-5(15)9(21)14-11(12)13-8)10-7(19)6(18)4(2-17)20-10/h3-4,6-7,10,17-19H,2H2,1H3,(H2-,12,13,14,21)/p+1/t4-,6-,7+,10-/m1/s1. The molecule has 0 unspecified atom stereocenters. The maximum atomic E-state index is 10.1. The van der Waals surface area contributed by atoms with E-state index in [4.69, 9.17) is 27.8 Å². The van der Waals surface area contributed by atoms with E-state index in [0.29, 0.717) is 15.8 Å². The number of nitrogens with two attached hydrogens (primary N) is 1. The van der Waals surface area contributed by atoms with Gasteiger partial charge in [0, 0.05) is 0 Å². The number of aromatic nitrogens is 4. The van der Waals surface area contributed by atoms with Gasteiger partial charge in [0.05, 0.1) is 13.7 Å². The summed E-state index contributed by atoms with van der Waals surface area (Å²) in [5, 5.41) is 29.1. The van der Waals surface area contributed by atoms with Crippen molar-refractivity contribution in [3.8, 4) is 0 Å².